The van der Waals surface area contributed by atoms with E-state index in [1.807, 2.05) is 13.8 Å². The van der Waals surface area contributed by atoms with Crippen LogP contribution in [0.15, 0.2) is 29.2 Å². The molecular formula is C18H24O4S. The Morgan fingerprint density at radius 1 is 1.26 bits per heavy atom. The van der Waals surface area contributed by atoms with E-state index in [0.29, 0.717) is 12.3 Å². The van der Waals surface area contributed by atoms with Crippen molar-refractivity contribution < 1.29 is 17.4 Å². The highest BCUT2D eigenvalue weighted by atomic mass is 32.2. The molecule has 0 amide bonds. The maximum atomic E-state index is 12.5. The van der Waals surface area contributed by atoms with Crippen LogP contribution >= 0.6 is 0 Å². The lowest BCUT2D eigenvalue weighted by molar-refractivity contribution is -0.128. The summed E-state index contributed by atoms with van der Waals surface area (Å²) in [6, 6.07) is 6.56. The van der Waals surface area contributed by atoms with Gasteiger partial charge >= 0.3 is 0 Å². The highest BCUT2D eigenvalue weighted by Crippen LogP contribution is 2.72. The van der Waals surface area contributed by atoms with Gasteiger partial charge in [0.25, 0.3) is 10.1 Å². The number of hydrogen-bond acceptors (Lipinski definition) is 4. The molecule has 2 aliphatic rings. The molecule has 2 saturated carbocycles. The maximum Gasteiger partial charge on any atom is 0.297 e. The number of carbonyl (C=O) groups is 1. The molecule has 2 aliphatic carbocycles. The van der Waals surface area contributed by atoms with E-state index in [-0.39, 0.29) is 28.6 Å². The molecule has 0 N–H and O–H groups in total. The lowest BCUT2D eigenvalue weighted by Gasteiger charge is -2.23. The highest BCUT2D eigenvalue weighted by Gasteiger charge is 2.71. The van der Waals surface area contributed by atoms with E-state index in [4.69, 9.17) is 4.18 Å². The van der Waals surface area contributed by atoms with Crippen molar-refractivity contribution in [1.82, 2.24) is 0 Å². The van der Waals surface area contributed by atoms with Crippen LogP contribution in [0.3, 0.4) is 0 Å². The normalized spacial score (nSPS) is 33.1. The third-order valence-electron chi connectivity index (χ3n) is 5.99. The summed E-state index contributed by atoms with van der Waals surface area (Å²) in [5, 5.41) is 0. The Hall–Kier alpha value is -1.20. The second-order valence-corrected chi connectivity index (χ2v) is 9.31. The summed E-state index contributed by atoms with van der Waals surface area (Å²) in [6.45, 7) is 7.99. The highest BCUT2D eigenvalue weighted by molar-refractivity contribution is 7.86. The van der Waals surface area contributed by atoms with Crippen molar-refractivity contribution in [3.8, 4) is 0 Å². The fourth-order valence-corrected chi connectivity index (χ4v) is 5.07. The summed E-state index contributed by atoms with van der Waals surface area (Å²) in [6.07, 6.45) is 1.56. The van der Waals surface area contributed by atoms with Crippen molar-refractivity contribution in [3.63, 3.8) is 0 Å². The first-order valence-corrected chi connectivity index (χ1v) is 9.52. The van der Waals surface area contributed by atoms with Crippen molar-refractivity contribution >= 4 is 15.9 Å². The van der Waals surface area contributed by atoms with Crippen LogP contribution in [0.1, 0.15) is 39.2 Å². The van der Waals surface area contributed by atoms with Crippen molar-refractivity contribution in [1.29, 1.82) is 0 Å². The standard InChI is InChI=1S/C18H24O4S/c1-12(2)18-9-15(18)17(4,16(19)10-18)11-22-23(20,21)14-7-5-13(3)6-8-14/h5-8,12,15H,9-11H2,1-4H3. The summed E-state index contributed by atoms with van der Waals surface area (Å²) in [4.78, 5) is 12.6. The van der Waals surface area contributed by atoms with E-state index in [2.05, 4.69) is 13.8 Å². The average Bonchev–Trinajstić information content (AvgIpc) is 3.17. The first kappa shape index (κ1) is 16.7. The zero-order chi connectivity index (χ0) is 17.0. The van der Waals surface area contributed by atoms with Gasteiger partial charge in [-0.05, 0) is 42.7 Å². The minimum absolute atomic E-state index is 0.0544. The first-order valence-electron chi connectivity index (χ1n) is 8.11. The number of carbonyl (C=O) groups excluding carboxylic acids is 1. The summed E-state index contributed by atoms with van der Waals surface area (Å²) in [5.74, 6) is 0.823. The van der Waals surface area contributed by atoms with Crippen molar-refractivity contribution in [2.75, 3.05) is 6.61 Å². The molecule has 1 aromatic carbocycles. The van der Waals surface area contributed by atoms with Crippen molar-refractivity contribution in [2.24, 2.45) is 22.7 Å². The smallest absolute Gasteiger partial charge is 0.297 e. The molecule has 0 bridgehead atoms. The minimum Gasteiger partial charge on any atom is -0.299 e. The van der Waals surface area contributed by atoms with Crippen LogP contribution in [-0.2, 0) is 19.1 Å². The Bertz CT molecular complexity index is 735. The fraction of sp³-hybridized carbons (Fsp3) is 0.611. The zero-order valence-electron chi connectivity index (χ0n) is 14.1. The van der Waals surface area contributed by atoms with Crippen LogP contribution in [-0.4, -0.2) is 20.8 Å². The van der Waals surface area contributed by atoms with Crippen LogP contribution in [0.4, 0.5) is 0 Å². The molecule has 0 radical (unpaired) electrons. The summed E-state index contributed by atoms with van der Waals surface area (Å²) >= 11 is 0. The van der Waals surface area contributed by atoms with Crippen LogP contribution < -0.4 is 0 Å². The van der Waals surface area contributed by atoms with Gasteiger partial charge in [-0.15, -0.1) is 0 Å². The summed E-state index contributed by atoms with van der Waals surface area (Å²) in [7, 11) is -3.82. The molecule has 126 valence electrons. The minimum atomic E-state index is -3.82. The number of aryl methyl sites for hydroxylation is 1. The molecule has 0 aliphatic heterocycles. The Morgan fingerprint density at radius 2 is 1.87 bits per heavy atom. The Labute approximate surface area is 138 Å². The molecule has 23 heavy (non-hydrogen) atoms. The Kier molecular flexibility index (Phi) is 3.73. The van der Waals surface area contributed by atoms with E-state index in [0.717, 1.165) is 12.0 Å². The van der Waals surface area contributed by atoms with Gasteiger partial charge in [0, 0.05) is 6.42 Å². The monoisotopic (exact) mass is 336 g/mol. The predicted molar refractivity (Wildman–Crippen MR) is 87.4 cm³/mol. The molecule has 0 spiro atoms. The van der Waals surface area contributed by atoms with Gasteiger partial charge in [0.1, 0.15) is 5.78 Å². The second kappa shape index (κ2) is 5.15. The molecule has 0 saturated heterocycles. The maximum absolute atomic E-state index is 12.5. The van der Waals surface area contributed by atoms with Gasteiger partial charge < -0.3 is 0 Å². The van der Waals surface area contributed by atoms with E-state index in [1.54, 1.807) is 24.3 Å². The first-order chi connectivity index (χ1) is 10.6. The van der Waals surface area contributed by atoms with E-state index in [1.165, 1.54) is 0 Å². The summed E-state index contributed by atoms with van der Waals surface area (Å²) in [5.41, 5.74) is 0.381. The fourth-order valence-electron chi connectivity index (χ4n) is 4.07. The molecule has 0 heterocycles. The van der Waals surface area contributed by atoms with Gasteiger partial charge in [-0.25, -0.2) is 0 Å². The average molecular weight is 336 g/mol. The molecular weight excluding hydrogens is 312 g/mol. The third kappa shape index (κ3) is 2.54. The molecule has 0 aromatic heterocycles. The van der Waals surface area contributed by atoms with E-state index < -0.39 is 15.5 Å². The number of hydrogen-bond donors (Lipinski definition) is 0. The van der Waals surface area contributed by atoms with Gasteiger partial charge in [0.2, 0.25) is 0 Å². The predicted octanol–water partition coefficient (Wildman–Crippen LogP) is 3.34. The number of Topliss-reactive ketones (excluding diaryl/α,β-unsaturated/α-hetero) is 1. The molecule has 3 atom stereocenters. The van der Waals surface area contributed by atoms with Crippen LogP contribution in [0.25, 0.3) is 0 Å². The molecule has 2 fully saturated rings. The van der Waals surface area contributed by atoms with Crippen molar-refractivity contribution in [2.45, 2.75) is 45.4 Å². The number of benzene rings is 1. The Balaban J connectivity index is 1.76. The zero-order valence-corrected chi connectivity index (χ0v) is 14.9. The number of rotatable bonds is 5. The summed E-state index contributed by atoms with van der Waals surface area (Å²) < 4.78 is 30.0. The van der Waals surface area contributed by atoms with Crippen LogP contribution in [0, 0.1) is 29.6 Å². The third-order valence-corrected chi connectivity index (χ3v) is 7.26. The molecule has 3 rings (SSSR count). The van der Waals surface area contributed by atoms with Gasteiger partial charge in [0.15, 0.2) is 0 Å². The molecule has 3 unspecified atom stereocenters. The van der Waals surface area contributed by atoms with E-state index in [9.17, 15) is 13.2 Å². The molecule has 5 heteroatoms. The topological polar surface area (TPSA) is 60.4 Å². The molecule has 1 aromatic rings. The lowest BCUT2D eigenvalue weighted by Crippen LogP contribution is -2.32. The van der Waals surface area contributed by atoms with Gasteiger partial charge in [-0.1, -0.05) is 38.5 Å². The quantitative estimate of drug-likeness (QED) is 0.774. The van der Waals surface area contributed by atoms with E-state index >= 15 is 0 Å². The van der Waals surface area contributed by atoms with Gasteiger partial charge in [-0.3, -0.25) is 8.98 Å². The second-order valence-electron chi connectivity index (χ2n) is 7.69. The lowest BCUT2D eigenvalue weighted by atomic mass is 9.84. The van der Waals surface area contributed by atoms with Crippen molar-refractivity contribution in [3.05, 3.63) is 29.8 Å². The SMILES string of the molecule is Cc1ccc(S(=O)(=O)OCC2(C)C(=O)CC3(C(C)C)CC23)cc1. The number of ketones is 1. The number of fused-ring (bicyclic) bond motifs is 1. The van der Waals surface area contributed by atoms with Crippen LogP contribution in [0.5, 0.6) is 0 Å². The van der Waals surface area contributed by atoms with Crippen LogP contribution in [0.2, 0.25) is 0 Å². The molecule has 4 nitrogen and oxygen atoms in total. The van der Waals surface area contributed by atoms with Gasteiger partial charge in [-0.2, -0.15) is 8.42 Å². The van der Waals surface area contributed by atoms with Gasteiger partial charge in [0.05, 0.1) is 16.9 Å². The Morgan fingerprint density at radius 3 is 2.39 bits per heavy atom. The largest absolute Gasteiger partial charge is 0.299 e.